The SMILES string of the molecule is COCCC(=O)N1CCN(c2nc(C3CC3)c(C3=CC=CN4ONC=C34)cc2C#N)C[C@H]1C. The number of ether oxygens (including phenoxy) is 1. The molecule has 0 bridgehead atoms. The third-order valence-corrected chi connectivity index (χ3v) is 6.52. The van der Waals surface area contributed by atoms with Crippen LogP contribution >= 0.6 is 0 Å². The van der Waals surface area contributed by atoms with Gasteiger partial charge in [0.05, 0.1) is 36.2 Å². The van der Waals surface area contributed by atoms with Crippen molar-refractivity contribution < 1.29 is 14.5 Å². The second-order valence-electron chi connectivity index (χ2n) is 8.79. The number of carbonyl (C=O) groups is 1. The van der Waals surface area contributed by atoms with Crippen molar-refractivity contribution in [1.29, 1.82) is 5.26 Å². The van der Waals surface area contributed by atoms with E-state index in [1.807, 2.05) is 42.4 Å². The summed E-state index contributed by atoms with van der Waals surface area (Å²) in [5, 5.41) is 11.7. The van der Waals surface area contributed by atoms with Gasteiger partial charge in [-0.15, -0.1) is 0 Å². The van der Waals surface area contributed by atoms with Gasteiger partial charge in [0.15, 0.2) is 0 Å². The molecule has 1 aromatic heterocycles. The van der Waals surface area contributed by atoms with Crippen molar-refractivity contribution in [3.63, 3.8) is 0 Å². The van der Waals surface area contributed by atoms with Crippen molar-refractivity contribution in [2.24, 2.45) is 0 Å². The zero-order chi connectivity index (χ0) is 22.9. The Bertz CT molecular complexity index is 1080. The summed E-state index contributed by atoms with van der Waals surface area (Å²) in [6.45, 7) is 4.38. The fourth-order valence-corrected chi connectivity index (χ4v) is 4.67. The van der Waals surface area contributed by atoms with E-state index in [0.717, 1.165) is 41.2 Å². The molecule has 9 nitrogen and oxygen atoms in total. The number of nitrogens with zero attached hydrogens (tertiary/aromatic N) is 5. The number of piperazine rings is 1. The summed E-state index contributed by atoms with van der Waals surface area (Å²) < 4.78 is 5.06. The van der Waals surface area contributed by atoms with Crippen molar-refractivity contribution in [3.05, 3.63) is 53.1 Å². The van der Waals surface area contributed by atoms with Gasteiger partial charge >= 0.3 is 0 Å². The lowest BCUT2D eigenvalue weighted by atomic mass is 9.95. The van der Waals surface area contributed by atoms with Gasteiger partial charge in [0, 0.05) is 56.0 Å². The van der Waals surface area contributed by atoms with Crippen LogP contribution < -0.4 is 10.4 Å². The molecule has 3 aliphatic heterocycles. The number of hydrogen-bond donors (Lipinski definition) is 1. The number of nitrogens with one attached hydrogen (secondary N) is 1. The van der Waals surface area contributed by atoms with Gasteiger partial charge in [-0.05, 0) is 31.9 Å². The number of anilines is 1. The summed E-state index contributed by atoms with van der Waals surface area (Å²) in [5.41, 5.74) is 7.24. The Balaban J connectivity index is 1.45. The molecule has 9 heteroatoms. The van der Waals surface area contributed by atoms with Gasteiger partial charge < -0.3 is 14.5 Å². The van der Waals surface area contributed by atoms with Gasteiger partial charge in [0.1, 0.15) is 11.9 Å². The van der Waals surface area contributed by atoms with Crippen molar-refractivity contribution in [3.8, 4) is 6.07 Å². The van der Waals surface area contributed by atoms with Crippen LogP contribution in [0.15, 0.2) is 36.3 Å². The number of rotatable bonds is 6. The first-order valence-electron chi connectivity index (χ1n) is 11.4. The molecule has 1 aromatic rings. The van der Waals surface area contributed by atoms with E-state index in [1.54, 1.807) is 12.2 Å². The second-order valence-corrected chi connectivity index (χ2v) is 8.79. The molecule has 1 aliphatic carbocycles. The summed E-state index contributed by atoms with van der Waals surface area (Å²) in [4.78, 5) is 27.1. The Labute approximate surface area is 193 Å². The molecule has 0 spiro atoms. The van der Waals surface area contributed by atoms with E-state index in [0.29, 0.717) is 44.1 Å². The molecule has 5 rings (SSSR count). The quantitative estimate of drug-likeness (QED) is 0.709. The predicted octanol–water partition coefficient (Wildman–Crippen LogP) is 2.41. The maximum Gasteiger partial charge on any atom is 0.225 e. The molecule has 33 heavy (non-hydrogen) atoms. The molecule has 1 atom stereocenters. The van der Waals surface area contributed by atoms with E-state index in [1.165, 1.54) is 0 Å². The Kier molecular flexibility index (Phi) is 5.79. The molecule has 0 unspecified atom stereocenters. The van der Waals surface area contributed by atoms with Crippen molar-refractivity contribution in [2.75, 3.05) is 38.3 Å². The van der Waals surface area contributed by atoms with E-state index in [4.69, 9.17) is 14.7 Å². The number of fused-ring (bicyclic) bond motifs is 1. The average molecular weight is 449 g/mol. The maximum atomic E-state index is 12.5. The van der Waals surface area contributed by atoms with Gasteiger partial charge in [0.2, 0.25) is 5.91 Å². The number of pyridine rings is 1. The largest absolute Gasteiger partial charge is 0.384 e. The lowest BCUT2D eigenvalue weighted by molar-refractivity contribution is -0.134. The van der Waals surface area contributed by atoms with Crippen molar-refractivity contribution >= 4 is 17.3 Å². The van der Waals surface area contributed by atoms with Gasteiger partial charge in [-0.25, -0.2) is 15.5 Å². The molecule has 0 aromatic carbocycles. The first-order valence-corrected chi connectivity index (χ1v) is 11.4. The minimum Gasteiger partial charge on any atom is -0.384 e. The summed E-state index contributed by atoms with van der Waals surface area (Å²) in [6, 6.07) is 4.37. The van der Waals surface area contributed by atoms with Crippen LogP contribution in [0.4, 0.5) is 5.82 Å². The van der Waals surface area contributed by atoms with Crippen LogP contribution in [-0.4, -0.2) is 60.2 Å². The minimum absolute atomic E-state index is 0.0344. The molecule has 1 saturated heterocycles. The topological polar surface area (TPSA) is 94.0 Å². The van der Waals surface area contributed by atoms with Crippen LogP contribution in [0.2, 0.25) is 0 Å². The number of hydroxylamine groups is 3. The van der Waals surface area contributed by atoms with Crippen molar-refractivity contribution in [1.82, 2.24) is 20.4 Å². The smallest absolute Gasteiger partial charge is 0.225 e. The average Bonchev–Trinajstić information content (AvgIpc) is 3.57. The normalized spacial score (nSPS) is 21.8. The van der Waals surface area contributed by atoms with Gasteiger partial charge in [-0.2, -0.15) is 10.2 Å². The van der Waals surface area contributed by atoms with E-state index in [9.17, 15) is 10.1 Å². The number of nitriles is 1. The molecule has 1 amide bonds. The van der Waals surface area contributed by atoms with Gasteiger partial charge in [-0.1, -0.05) is 6.08 Å². The van der Waals surface area contributed by atoms with Gasteiger partial charge in [-0.3, -0.25) is 4.79 Å². The number of hydrogen-bond acceptors (Lipinski definition) is 8. The van der Waals surface area contributed by atoms with E-state index in [-0.39, 0.29) is 11.9 Å². The highest BCUT2D eigenvalue weighted by Crippen LogP contribution is 2.45. The summed E-state index contributed by atoms with van der Waals surface area (Å²) in [5.74, 6) is 1.23. The first kappa shape index (κ1) is 21.5. The third kappa shape index (κ3) is 4.08. The Morgan fingerprint density at radius 3 is 2.97 bits per heavy atom. The maximum absolute atomic E-state index is 12.5. The summed E-state index contributed by atoms with van der Waals surface area (Å²) in [6.07, 6.45) is 10.2. The third-order valence-electron chi connectivity index (χ3n) is 6.52. The van der Waals surface area contributed by atoms with Crippen LogP contribution in [0.1, 0.15) is 48.9 Å². The molecule has 1 saturated carbocycles. The van der Waals surface area contributed by atoms with E-state index >= 15 is 0 Å². The molecule has 4 heterocycles. The highest BCUT2D eigenvalue weighted by atomic mass is 16.8. The summed E-state index contributed by atoms with van der Waals surface area (Å²) in [7, 11) is 1.61. The number of methoxy groups -OCH3 is 1. The summed E-state index contributed by atoms with van der Waals surface area (Å²) >= 11 is 0. The lowest BCUT2D eigenvalue weighted by Gasteiger charge is -2.41. The zero-order valence-electron chi connectivity index (χ0n) is 19.0. The number of amides is 1. The monoisotopic (exact) mass is 448 g/mol. The first-order chi connectivity index (χ1) is 16.1. The number of allylic oxidation sites excluding steroid dienone is 3. The second kappa shape index (κ2) is 8.89. The van der Waals surface area contributed by atoms with Gasteiger partial charge in [0.25, 0.3) is 0 Å². The highest BCUT2D eigenvalue weighted by molar-refractivity contribution is 5.84. The minimum atomic E-state index is 0.0344. The lowest BCUT2D eigenvalue weighted by Crippen LogP contribution is -2.54. The Morgan fingerprint density at radius 1 is 1.39 bits per heavy atom. The zero-order valence-corrected chi connectivity index (χ0v) is 19.0. The van der Waals surface area contributed by atoms with Crippen molar-refractivity contribution in [2.45, 2.75) is 38.1 Å². The fraction of sp³-hybridized carbons (Fsp3) is 0.458. The highest BCUT2D eigenvalue weighted by Gasteiger charge is 2.35. The van der Waals surface area contributed by atoms with Crippen LogP contribution in [0, 0.1) is 11.3 Å². The predicted molar refractivity (Wildman–Crippen MR) is 122 cm³/mol. The Hall–Kier alpha value is -3.35. The molecule has 172 valence electrons. The van der Waals surface area contributed by atoms with Crippen LogP contribution in [-0.2, 0) is 14.5 Å². The van der Waals surface area contributed by atoms with E-state index < -0.39 is 0 Å². The molecular formula is C24H28N6O3. The molecule has 0 radical (unpaired) electrons. The van der Waals surface area contributed by atoms with Crippen LogP contribution in [0.5, 0.6) is 0 Å². The van der Waals surface area contributed by atoms with E-state index in [2.05, 4.69) is 16.4 Å². The molecule has 1 N–H and O–H groups in total. The fourth-order valence-electron chi connectivity index (χ4n) is 4.67. The Morgan fingerprint density at radius 2 is 2.24 bits per heavy atom. The molecule has 4 aliphatic rings. The number of aromatic nitrogens is 1. The molecule has 2 fully saturated rings. The standard InChI is InChI=1S/C24H28N6O3/c1-16-15-28(9-10-29(16)22(31)7-11-32-2)24-18(13-25)12-20(23(27-24)17-5-6-17)19-4-3-8-30-21(19)14-26-33-30/h3-4,8,12,14,16-17,26H,5-7,9-11,15H2,1-2H3/t16-/m1/s1. The molecular weight excluding hydrogens is 420 g/mol. The number of carbonyl (C=O) groups excluding carboxylic acids is 1. The van der Waals surface area contributed by atoms with Crippen LogP contribution in [0.3, 0.4) is 0 Å². The van der Waals surface area contributed by atoms with Crippen LogP contribution in [0.25, 0.3) is 5.57 Å².